The number of imidazole rings is 1. The van der Waals surface area contributed by atoms with E-state index in [-0.39, 0.29) is 17.4 Å². The lowest BCUT2D eigenvalue weighted by Crippen LogP contribution is -2.22. The molecule has 6 nitrogen and oxygen atoms in total. The number of rotatable bonds is 3. The lowest BCUT2D eigenvalue weighted by atomic mass is 10.2. The second kappa shape index (κ2) is 4.49. The van der Waals surface area contributed by atoms with Crippen molar-refractivity contribution in [1.82, 2.24) is 15.3 Å². The minimum atomic E-state index is -0.271. The lowest BCUT2D eigenvalue weighted by Gasteiger charge is -2.03. The number of nitrogens with one attached hydrogen (secondary N) is 3. The average molecular weight is 257 g/mol. The van der Waals surface area contributed by atoms with Gasteiger partial charge in [-0.05, 0) is 29.8 Å². The molecule has 0 bridgehead atoms. The summed E-state index contributed by atoms with van der Waals surface area (Å²) in [6.45, 7) is 0.364. The normalized spacial score (nSPS) is 10.7. The molecule has 0 radical (unpaired) electrons. The molecular weight excluding hydrogens is 246 g/mol. The van der Waals surface area contributed by atoms with Crippen molar-refractivity contribution in [3.05, 3.63) is 58.4 Å². The maximum atomic E-state index is 11.7. The van der Waals surface area contributed by atoms with Gasteiger partial charge in [0.05, 0.1) is 17.3 Å². The topological polar surface area (TPSA) is 90.9 Å². The van der Waals surface area contributed by atoms with E-state index in [0.717, 1.165) is 16.6 Å². The molecule has 0 spiro atoms. The molecular formula is C13H11N3O3. The van der Waals surface area contributed by atoms with Gasteiger partial charge in [0.25, 0.3) is 5.91 Å². The van der Waals surface area contributed by atoms with Crippen LogP contribution in [0.25, 0.3) is 11.0 Å². The molecule has 0 saturated carbocycles. The van der Waals surface area contributed by atoms with E-state index in [1.807, 2.05) is 12.1 Å². The Labute approximate surface area is 107 Å². The van der Waals surface area contributed by atoms with Crippen LogP contribution in [0.4, 0.5) is 0 Å². The third kappa shape index (κ3) is 2.28. The quantitative estimate of drug-likeness (QED) is 0.662. The lowest BCUT2D eigenvalue weighted by molar-refractivity contribution is 0.0923. The van der Waals surface area contributed by atoms with Gasteiger partial charge >= 0.3 is 5.69 Å². The standard InChI is InChI=1S/C13H11N3O3/c17-12(11-2-1-5-19-11)14-7-8-3-4-9-10(6-8)16-13(18)15-9/h1-6H,7H2,(H,14,17)(H2,15,16,18). The van der Waals surface area contributed by atoms with E-state index in [0.29, 0.717) is 6.54 Å². The molecule has 0 unspecified atom stereocenters. The van der Waals surface area contributed by atoms with Crippen molar-refractivity contribution in [2.75, 3.05) is 0 Å². The summed E-state index contributed by atoms with van der Waals surface area (Å²) in [5.41, 5.74) is 2.11. The first-order chi connectivity index (χ1) is 9.22. The fourth-order valence-corrected chi connectivity index (χ4v) is 1.87. The van der Waals surface area contributed by atoms with E-state index in [4.69, 9.17) is 4.42 Å². The molecule has 1 aromatic carbocycles. The Kier molecular flexibility index (Phi) is 2.68. The second-order valence-electron chi connectivity index (χ2n) is 4.12. The third-order valence-electron chi connectivity index (χ3n) is 2.78. The first kappa shape index (κ1) is 11.3. The van der Waals surface area contributed by atoms with Crippen molar-refractivity contribution >= 4 is 16.9 Å². The molecule has 3 aromatic rings. The van der Waals surface area contributed by atoms with Crippen molar-refractivity contribution in [1.29, 1.82) is 0 Å². The van der Waals surface area contributed by atoms with Crippen LogP contribution in [0.3, 0.4) is 0 Å². The Bertz CT molecular complexity index is 768. The summed E-state index contributed by atoms with van der Waals surface area (Å²) in [7, 11) is 0. The molecule has 0 saturated heterocycles. The highest BCUT2D eigenvalue weighted by Crippen LogP contribution is 2.10. The van der Waals surface area contributed by atoms with Gasteiger partial charge in [0.1, 0.15) is 0 Å². The number of aromatic nitrogens is 2. The SMILES string of the molecule is O=C(NCc1ccc2[nH]c(=O)[nH]c2c1)c1ccco1. The van der Waals surface area contributed by atoms with Crippen LogP contribution in [-0.4, -0.2) is 15.9 Å². The number of benzene rings is 1. The molecule has 0 aliphatic rings. The average Bonchev–Trinajstić information content (AvgIpc) is 3.03. The summed E-state index contributed by atoms with van der Waals surface area (Å²) < 4.78 is 4.99. The molecule has 3 N–H and O–H groups in total. The van der Waals surface area contributed by atoms with Gasteiger partial charge in [-0.15, -0.1) is 0 Å². The number of carbonyl (C=O) groups is 1. The van der Waals surface area contributed by atoms with Crippen LogP contribution in [0.2, 0.25) is 0 Å². The van der Waals surface area contributed by atoms with Gasteiger partial charge in [0.15, 0.2) is 5.76 Å². The summed E-state index contributed by atoms with van der Waals surface area (Å²) in [6.07, 6.45) is 1.45. The van der Waals surface area contributed by atoms with Crippen molar-refractivity contribution in [3.63, 3.8) is 0 Å². The van der Waals surface area contributed by atoms with Crippen molar-refractivity contribution in [2.24, 2.45) is 0 Å². The fraction of sp³-hybridized carbons (Fsp3) is 0.0769. The number of amides is 1. The molecule has 0 aliphatic heterocycles. The largest absolute Gasteiger partial charge is 0.459 e. The van der Waals surface area contributed by atoms with Crippen LogP contribution in [-0.2, 0) is 6.54 Å². The third-order valence-corrected chi connectivity index (χ3v) is 2.78. The molecule has 2 heterocycles. The molecule has 0 aliphatic carbocycles. The molecule has 1 amide bonds. The van der Waals surface area contributed by atoms with Gasteiger partial charge in [0, 0.05) is 6.54 Å². The highest BCUT2D eigenvalue weighted by atomic mass is 16.3. The smallest absolute Gasteiger partial charge is 0.323 e. The van der Waals surface area contributed by atoms with Gasteiger partial charge in [-0.2, -0.15) is 0 Å². The highest BCUT2D eigenvalue weighted by Gasteiger charge is 2.08. The monoisotopic (exact) mass is 257 g/mol. The molecule has 96 valence electrons. The van der Waals surface area contributed by atoms with E-state index in [9.17, 15) is 9.59 Å². The maximum Gasteiger partial charge on any atom is 0.323 e. The molecule has 0 atom stereocenters. The minimum Gasteiger partial charge on any atom is -0.459 e. The number of aromatic amines is 2. The second-order valence-corrected chi connectivity index (χ2v) is 4.12. The molecule has 0 fully saturated rings. The molecule has 6 heteroatoms. The van der Waals surface area contributed by atoms with Gasteiger partial charge in [-0.3, -0.25) is 4.79 Å². The van der Waals surface area contributed by atoms with Crippen LogP contribution in [0.15, 0.2) is 45.8 Å². The maximum absolute atomic E-state index is 11.7. The van der Waals surface area contributed by atoms with Gasteiger partial charge in [-0.25, -0.2) is 4.79 Å². The summed E-state index contributed by atoms with van der Waals surface area (Å²) in [5, 5.41) is 2.74. The van der Waals surface area contributed by atoms with Crippen LogP contribution in [0.1, 0.15) is 16.1 Å². The van der Waals surface area contributed by atoms with E-state index in [1.165, 1.54) is 6.26 Å². The molecule has 19 heavy (non-hydrogen) atoms. The fourth-order valence-electron chi connectivity index (χ4n) is 1.87. The Morgan fingerprint density at radius 1 is 1.21 bits per heavy atom. The summed E-state index contributed by atoms with van der Waals surface area (Å²) in [6, 6.07) is 8.71. The highest BCUT2D eigenvalue weighted by molar-refractivity contribution is 5.91. The van der Waals surface area contributed by atoms with Crippen molar-refractivity contribution in [2.45, 2.75) is 6.54 Å². The van der Waals surface area contributed by atoms with Crippen LogP contribution < -0.4 is 11.0 Å². The van der Waals surface area contributed by atoms with Crippen molar-refractivity contribution in [3.8, 4) is 0 Å². The van der Waals surface area contributed by atoms with E-state index < -0.39 is 0 Å². The zero-order chi connectivity index (χ0) is 13.2. The van der Waals surface area contributed by atoms with E-state index in [2.05, 4.69) is 15.3 Å². The Morgan fingerprint density at radius 3 is 2.84 bits per heavy atom. The van der Waals surface area contributed by atoms with Crippen LogP contribution in [0, 0.1) is 0 Å². The number of hydrogen-bond donors (Lipinski definition) is 3. The van der Waals surface area contributed by atoms with E-state index >= 15 is 0 Å². The summed E-state index contributed by atoms with van der Waals surface area (Å²) >= 11 is 0. The Morgan fingerprint density at radius 2 is 2.05 bits per heavy atom. The predicted octanol–water partition coefficient (Wildman–Crippen LogP) is 1.38. The van der Waals surface area contributed by atoms with Crippen LogP contribution >= 0.6 is 0 Å². The number of fused-ring (bicyclic) bond motifs is 1. The van der Waals surface area contributed by atoms with E-state index in [1.54, 1.807) is 18.2 Å². The Balaban J connectivity index is 1.74. The zero-order valence-electron chi connectivity index (χ0n) is 9.90. The van der Waals surface area contributed by atoms with Crippen LogP contribution in [0.5, 0.6) is 0 Å². The number of H-pyrrole nitrogens is 2. The first-order valence-electron chi connectivity index (χ1n) is 5.75. The number of hydrogen-bond acceptors (Lipinski definition) is 3. The summed E-state index contributed by atoms with van der Waals surface area (Å²) in [5.74, 6) is 0.00351. The van der Waals surface area contributed by atoms with Crippen molar-refractivity contribution < 1.29 is 9.21 Å². The number of furan rings is 1. The minimum absolute atomic E-state index is 0.244. The number of carbonyl (C=O) groups excluding carboxylic acids is 1. The van der Waals surface area contributed by atoms with Gasteiger partial charge < -0.3 is 19.7 Å². The van der Waals surface area contributed by atoms with Gasteiger partial charge in [0.2, 0.25) is 0 Å². The predicted molar refractivity (Wildman–Crippen MR) is 68.8 cm³/mol. The summed E-state index contributed by atoms with van der Waals surface area (Å²) in [4.78, 5) is 28.1. The molecule has 3 rings (SSSR count). The van der Waals surface area contributed by atoms with Gasteiger partial charge in [-0.1, -0.05) is 6.07 Å². The first-order valence-corrected chi connectivity index (χ1v) is 5.75. The zero-order valence-corrected chi connectivity index (χ0v) is 9.90. The Hall–Kier alpha value is -2.76. The molecule has 2 aromatic heterocycles.